The van der Waals surface area contributed by atoms with E-state index >= 15 is 0 Å². The highest BCUT2D eigenvalue weighted by Gasteiger charge is 2.16. The standard InChI is InChI=1S/C23H50N2O3/c1-4-6-7-8-9-10-11-12-13-14-15-16-17-18-22(27)24-19-23(28)25-21(5-2)20(3)26/h20-28H,4-19H2,1-3H3. The van der Waals surface area contributed by atoms with E-state index in [9.17, 15) is 15.3 Å². The number of aliphatic hydroxyl groups is 3. The van der Waals surface area contributed by atoms with Gasteiger partial charge in [-0.25, -0.2) is 0 Å². The predicted molar refractivity (Wildman–Crippen MR) is 119 cm³/mol. The van der Waals surface area contributed by atoms with Gasteiger partial charge < -0.3 is 15.3 Å². The van der Waals surface area contributed by atoms with E-state index in [4.69, 9.17) is 0 Å². The number of unbranched alkanes of at least 4 members (excludes halogenated alkanes) is 12. The van der Waals surface area contributed by atoms with Crippen LogP contribution in [0.25, 0.3) is 0 Å². The zero-order chi connectivity index (χ0) is 21.0. The quantitative estimate of drug-likeness (QED) is 0.145. The summed E-state index contributed by atoms with van der Waals surface area (Å²) in [6, 6.07) is -0.130. The van der Waals surface area contributed by atoms with Crippen molar-refractivity contribution in [3.8, 4) is 0 Å². The van der Waals surface area contributed by atoms with Crippen molar-refractivity contribution in [2.75, 3.05) is 6.54 Å². The van der Waals surface area contributed by atoms with Gasteiger partial charge in [0.05, 0.1) is 6.10 Å². The molecule has 5 heteroatoms. The molecule has 0 bridgehead atoms. The van der Waals surface area contributed by atoms with Crippen molar-refractivity contribution in [2.24, 2.45) is 0 Å². The van der Waals surface area contributed by atoms with E-state index in [1.54, 1.807) is 6.92 Å². The lowest BCUT2D eigenvalue weighted by Gasteiger charge is -2.24. The minimum absolute atomic E-state index is 0.130. The van der Waals surface area contributed by atoms with Crippen LogP contribution in [0.3, 0.4) is 0 Å². The summed E-state index contributed by atoms with van der Waals surface area (Å²) in [5, 5.41) is 35.4. The van der Waals surface area contributed by atoms with Crippen LogP contribution in [0.1, 0.15) is 117 Å². The molecule has 28 heavy (non-hydrogen) atoms. The molecule has 0 radical (unpaired) electrons. The fourth-order valence-corrected chi connectivity index (χ4v) is 3.61. The molecule has 0 saturated carbocycles. The number of aliphatic hydroxyl groups excluding tert-OH is 3. The van der Waals surface area contributed by atoms with E-state index in [-0.39, 0.29) is 12.6 Å². The highest BCUT2D eigenvalue weighted by Crippen LogP contribution is 2.13. The van der Waals surface area contributed by atoms with Gasteiger partial charge in [-0.2, -0.15) is 0 Å². The monoisotopic (exact) mass is 402 g/mol. The third-order valence-electron chi connectivity index (χ3n) is 5.56. The van der Waals surface area contributed by atoms with Crippen molar-refractivity contribution in [3.63, 3.8) is 0 Å². The van der Waals surface area contributed by atoms with Gasteiger partial charge in [0, 0.05) is 12.6 Å². The van der Waals surface area contributed by atoms with Crippen LogP contribution in [0.2, 0.25) is 0 Å². The molecule has 0 aliphatic heterocycles. The zero-order valence-corrected chi connectivity index (χ0v) is 19.0. The Morgan fingerprint density at radius 2 is 1.11 bits per heavy atom. The summed E-state index contributed by atoms with van der Waals surface area (Å²) in [6.07, 6.45) is 16.8. The summed E-state index contributed by atoms with van der Waals surface area (Å²) in [7, 11) is 0. The van der Waals surface area contributed by atoms with Crippen LogP contribution in [-0.2, 0) is 0 Å². The molecule has 0 spiro atoms. The van der Waals surface area contributed by atoms with Crippen LogP contribution in [0.15, 0.2) is 0 Å². The average molecular weight is 403 g/mol. The van der Waals surface area contributed by atoms with Gasteiger partial charge in [0.1, 0.15) is 12.5 Å². The third-order valence-corrected chi connectivity index (χ3v) is 5.56. The summed E-state index contributed by atoms with van der Waals surface area (Å²) >= 11 is 0. The molecule has 0 aromatic rings. The van der Waals surface area contributed by atoms with E-state index in [1.807, 2.05) is 6.92 Å². The van der Waals surface area contributed by atoms with Crippen molar-refractivity contribution >= 4 is 0 Å². The first-order chi connectivity index (χ1) is 13.5. The molecule has 0 heterocycles. The number of rotatable bonds is 21. The van der Waals surface area contributed by atoms with Gasteiger partial charge in [0.2, 0.25) is 0 Å². The van der Waals surface area contributed by atoms with Gasteiger partial charge in [-0.3, -0.25) is 10.6 Å². The molecule has 0 fully saturated rings. The van der Waals surface area contributed by atoms with E-state index < -0.39 is 18.6 Å². The molecule has 5 N–H and O–H groups in total. The summed E-state index contributed by atoms with van der Waals surface area (Å²) < 4.78 is 0. The lowest BCUT2D eigenvalue weighted by atomic mass is 10.0. The molecule has 0 aromatic heterocycles. The average Bonchev–Trinajstić information content (AvgIpc) is 2.67. The molecule has 0 aliphatic rings. The van der Waals surface area contributed by atoms with Crippen LogP contribution in [0.5, 0.6) is 0 Å². The Bertz CT molecular complexity index is 316. The van der Waals surface area contributed by atoms with Gasteiger partial charge in [-0.1, -0.05) is 90.9 Å². The van der Waals surface area contributed by atoms with E-state index in [0.717, 1.165) is 25.7 Å². The second-order valence-corrected chi connectivity index (χ2v) is 8.39. The molecule has 0 rings (SSSR count). The van der Waals surface area contributed by atoms with Gasteiger partial charge >= 0.3 is 0 Å². The molecular weight excluding hydrogens is 352 g/mol. The number of hydrogen-bond donors (Lipinski definition) is 5. The molecule has 0 amide bonds. The van der Waals surface area contributed by atoms with Crippen molar-refractivity contribution < 1.29 is 15.3 Å². The summed E-state index contributed by atoms with van der Waals surface area (Å²) in [5.74, 6) is 0. The molecular formula is C23H50N2O3. The van der Waals surface area contributed by atoms with E-state index in [0.29, 0.717) is 0 Å². The van der Waals surface area contributed by atoms with Crippen molar-refractivity contribution in [3.05, 3.63) is 0 Å². The van der Waals surface area contributed by atoms with Crippen LogP contribution in [-0.4, -0.2) is 46.5 Å². The maximum Gasteiger partial charge on any atom is 0.117 e. The Kier molecular flexibility index (Phi) is 19.9. The lowest BCUT2D eigenvalue weighted by molar-refractivity contribution is 0.0516. The lowest BCUT2D eigenvalue weighted by Crippen LogP contribution is -2.49. The minimum Gasteiger partial charge on any atom is -0.392 e. The fraction of sp³-hybridized carbons (Fsp3) is 1.00. The third kappa shape index (κ3) is 17.9. The highest BCUT2D eigenvalue weighted by atomic mass is 16.3. The second-order valence-electron chi connectivity index (χ2n) is 8.39. The minimum atomic E-state index is -0.763. The molecule has 0 aromatic carbocycles. The van der Waals surface area contributed by atoms with Crippen LogP contribution >= 0.6 is 0 Å². The summed E-state index contributed by atoms with van der Waals surface area (Å²) in [4.78, 5) is 0. The number of nitrogens with one attached hydrogen (secondary N) is 2. The Balaban J connectivity index is 3.40. The molecule has 170 valence electrons. The maximum atomic E-state index is 9.98. The van der Waals surface area contributed by atoms with Gasteiger partial charge in [0.15, 0.2) is 0 Å². The van der Waals surface area contributed by atoms with E-state index in [1.165, 1.54) is 70.6 Å². The first kappa shape index (κ1) is 27.8. The van der Waals surface area contributed by atoms with Gasteiger partial charge in [-0.05, 0) is 26.2 Å². The topological polar surface area (TPSA) is 84.8 Å². The van der Waals surface area contributed by atoms with Crippen LogP contribution in [0, 0.1) is 0 Å². The van der Waals surface area contributed by atoms with Crippen molar-refractivity contribution in [1.29, 1.82) is 0 Å². The Morgan fingerprint density at radius 3 is 1.54 bits per heavy atom. The Morgan fingerprint density at radius 1 is 0.643 bits per heavy atom. The molecule has 0 saturated heterocycles. The number of hydrogen-bond acceptors (Lipinski definition) is 5. The first-order valence-corrected chi connectivity index (χ1v) is 12.0. The highest BCUT2D eigenvalue weighted by molar-refractivity contribution is 4.73. The maximum absolute atomic E-state index is 9.98. The van der Waals surface area contributed by atoms with Crippen LogP contribution in [0.4, 0.5) is 0 Å². The Hall–Kier alpha value is -0.200. The molecule has 5 nitrogen and oxygen atoms in total. The van der Waals surface area contributed by atoms with E-state index in [2.05, 4.69) is 17.6 Å². The van der Waals surface area contributed by atoms with Crippen molar-refractivity contribution in [2.45, 2.75) is 142 Å². The second kappa shape index (κ2) is 20.1. The van der Waals surface area contributed by atoms with Gasteiger partial charge in [-0.15, -0.1) is 0 Å². The van der Waals surface area contributed by atoms with Crippen LogP contribution < -0.4 is 10.6 Å². The molecule has 4 unspecified atom stereocenters. The van der Waals surface area contributed by atoms with Crippen molar-refractivity contribution in [1.82, 2.24) is 10.6 Å². The smallest absolute Gasteiger partial charge is 0.117 e. The largest absolute Gasteiger partial charge is 0.392 e. The first-order valence-electron chi connectivity index (χ1n) is 12.0. The van der Waals surface area contributed by atoms with Gasteiger partial charge in [0.25, 0.3) is 0 Å². The zero-order valence-electron chi connectivity index (χ0n) is 19.0. The molecule has 4 atom stereocenters. The Labute approximate surface area is 174 Å². The predicted octanol–water partition coefficient (Wildman–Crippen LogP) is 4.44. The molecule has 0 aliphatic carbocycles. The summed E-state index contributed by atoms with van der Waals surface area (Å²) in [6.45, 7) is 6.23. The fourth-order valence-electron chi connectivity index (χ4n) is 3.61. The normalized spacial score (nSPS) is 16.1. The SMILES string of the molecule is CCCCCCCCCCCCCCCC(O)NCC(O)NC(CC)C(C)O. The summed E-state index contributed by atoms with van der Waals surface area (Å²) in [5.41, 5.74) is 0.